The molecule has 2 aliphatic heterocycles. The zero-order valence-corrected chi connectivity index (χ0v) is 12.3. The molecule has 5 nitrogen and oxygen atoms in total. The molecule has 5 heteroatoms. The van der Waals surface area contributed by atoms with E-state index < -0.39 is 0 Å². The third kappa shape index (κ3) is 3.10. The van der Waals surface area contributed by atoms with E-state index in [2.05, 4.69) is 32.8 Å². The molecule has 0 spiro atoms. The molecule has 110 valence electrons. The Bertz CT molecular complexity index is 434. The van der Waals surface area contributed by atoms with Crippen LogP contribution in [0.4, 0.5) is 5.82 Å². The highest BCUT2D eigenvalue weighted by Crippen LogP contribution is 2.18. The summed E-state index contributed by atoms with van der Waals surface area (Å²) in [5, 5.41) is 0. The molecule has 1 aromatic rings. The summed E-state index contributed by atoms with van der Waals surface area (Å²) in [5.41, 5.74) is 1.13. The van der Waals surface area contributed by atoms with Gasteiger partial charge in [0.1, 0.15) is 12.1 Å². The highest BCUT2D eigenvalue weighted by atomic mass is 16.5. The molecule has 3 heterocycles. The number of aryl methyl sites for hydroxylation is 1. The van der Waals surface area contributed by atoms with Gasteiger partial charge < -0.3 is 9.64 Å². The summed E-state index contributed by atoms with van der Waals surface area (Å²) in [7, 11) is 0. The summed E-state index contributed by atoms with van der Waals surface area (Å²) in [5.74, 6) is 1.08. The third-order valence-electron chi connectivity index (χ3n) is 4.35. The van der Waals surface area contributed by atoms with Crippen LogP contribution in [-0.2, 0) is 11.2 Å². The van der Waals surface area contributed by atoms with Crippen molar-refractivity contribution >= 4 is 5.82 Å². The lowest BCUT2D eigenvalue weighted by molar-refractivity contribution is 0.148. The van der Waals surface area contributed by atoms with Gasteiger partial charge in [0.15, 0.2) is 0 Å². The molecule has 1 aromatic heterocycles. The normalized spacial score (nSPS) is 24.9. The second-order valence-electron chi connectivity index (χ2n) is 5.62. The Hall–Kier alpha value is -1.20. The minimum atomic E-state index is 0.631. The molecule has 0 radical (unpaired) electrons. The van der Waals surface area contributed by atoms with Gasteiger partial charge in [0, 0.05) is 50.6 Å². The lowest BCUT2D eigenvalue weighted by Crippen LogP contribution is -2.38. The third-order valence-corrected chi connectivity index (χ3v) is 4.35. The Labute approximate surface area is 121 Å². The minimum absolute atomic E-state index is 0.631. The fourth-order valence-corrected chi connectivity index (χ4v) is 3.09. The predicted octanol–water partition coefficient (Wildman–Crippen LogP) is 1.34. The first-order chi connectivity index (χ1) is 9.86. The van der Waals surface area contributed by atoms with Gasteiger partial charge in [0.25, 0.3) is 0 Å². The summed E-state index contributed by atoms with van der Waals surface area (Å²) in [6.07, 6.45) is 5.05. The first kappa shape index (κ1) is 13.8. The molecule has 0 aliphatic carbocycles. The van der Waals surface area contributed by atoms with Crippen molar-refractivity contribution in [1.29, 1.82) is 0 Å². The molecule has 2 fully saturated rings. The van der Waals surface area contributed by atoms with Crippen molar-refractivity contribution in [1.82, 2.24) is 14.9 Å². The van der Waals surface area contributed by atoms with E-state index in [1.165, 1.54) is 19.4 Å². The molecule has 20 heavy (non-hydrogen) atoms. The largest absolute Gasteiger partial charge is 0.380 e. The maximum atomic E-state index is 5.52. The lowest BCUT2D eigenvalue weighted by atomic mass is 10.2. The maximum absolute atomic E-state index is 5.52. The fourth-order valence-electron chi connectivity index (χ4n) is 3.09. The van der Waals surface area contributed by atoms with Crippen LogP contribution >= 0.6 is 0 Å². The summed E-state index contributed by atoms with van der Waals surface area (Å²) in [4.78, 5) is 13.7. The second-order valence-corrected chi connectivity index (χ2v) is 5.62. The van der Waals surface area contributed by atoms with Gasteiger partial charge in [-0.05, 0) is 19.3 Å². The van der Waals surface area contributed by atoms with Crippen LogP contribution in [0.2, 0.25) is 0 Å². The van der Waals surface area contributed by atoms with E-state index in [0.29, 0.717) is 6.04 Å². The predicted molar refractivity (Wildman–Crippen MR) is 79.0 cm³/mol. The van der Waals surface area contributed by atoms with Gasteiger partial charge in [-0.2, -0.15) is 0 Å². The van der Waals surface area contributed by atoms with Crippen molar-refractivity contribution < 1.29 is 4.74 Å². The van der Waals surface area contributed by atoms with E-state index in [-0.39, 0.29) is 0 Å². The van der Waals surface area contributed by atoms with E-state index in [0.717, 1.165) is 50.8 Å². The Morgan fingerprint density at radius 2 is 2.20 bits per heavy atom. The highest BCUT2D eigenvalue weighted by Gasteiger charge is 2.25. The van der Waals surface area contributed by atoms with Crippen LogP contribution in [0.15, 0.2) is 12.4 Å². The molecule has 2 saturated heterocycles. The molecule has 0 saturated carbocycles. The van der Waals surface area contributed by atoms with Crippen LogP contribution in [0.3, 0.4) is 0 Å². The van der Waals surface area contributed by atoms with E-state index in [4.69, 9.17) is 4.74 Å². The Morgan fingerprint density at radius 1 is 1.25 bits per heavy atom. The smallest absolute Gasteiger partial charge is 0.132 e. The lowest BCUT2D eigenvalue weighted by Gasteiger charge is -2.26. The molecule has 1 unspecified atom stereocenters. The van der Waals surface area contributed by atoms with Gasteiger partial charge in [0.2, 0.25) is 0 Å². The van der Waals surface area contributed by atoms with Crippen molar-refractivity contribution in [2.45, 2.75) is 32.2 Å². The average Bonchev–Trinajstić information content (AvgIpc) is 2.92. The van der Waals surface area contributed by atoms with Gasteiger partial charge in [-0.15, -0.1) is 0 Å². The topological polar surface area (TPSA) is 41.5 Å². The number of ether oxygens (including phenoxy) is 1. The highest BCUT2D eigenvalue weighted by molar-refractivity contribution is 5.39. The quantitative estimate of drug-likeness (QED) is 0.833. The first-order valence-corrected chi connectivity index (χ1v) is 7.74. The minimum Gasteiger partial charge on any atom is -0.380 e. The van der Waals surface area contributed by atoms with Crippen molar-refractivity contribution in [3.63, 3.8) is 0 Å². The van der Waals surface area contributed by atoms with Crippen LogP contribution < -0.4 is 4.90 Å². The molecule has 2 aliphatic rings. The van der Waals surface area contributed by atoms with Crippen LogP contribution in [0.25, 0.3) is 0 Å². The number of hydrogen-bond acceptors (Lipinski definition) is 5. The van der Waals surface area contributed by atoms with E-state index in [9.17, 15) is 0 Å². The molecular formula is C15H24N4O. The summed E-state index contributed by atoms with van der Waals surface area (Å²) in [6, 6.07) is 2.76. The molecular weight excluding hydrogens is 252 g/mol. The SMILES string of the molecule is CCc1cc(N2CCCN(C3CCOC3)CC2)ncn1. The number of aromatic nitrogens is 2. The summed E-state index contributed by atoms with van der Waals surface area (Å²) >= 11 is 0. The maximum Gasteiger partial charge on any atom is 0.132 e. The van der Waals surface area contributed by atoms with Crippen LogP contribution in [0.1, 0.15) is 25.5 Å². The number of rotatable bonds is 3. The fraction of sp³-hybridized carbons (Fsp3) is 0.733. The monoisotopic (exact) mass is 276 g/mol. The van der Waals surface area contributed by atoms with Crippen molar-refractivity contribution in [2.75, 3.05) is 44.3 Å². The van der Waals surface area contributed by atoms with Gasteiger partial charge in [-0.25, -0.2) is 9.97 Å². The van der Waals surface area contributed by atoms with Gasteiger partial charge in [-0.1, -0.05) is 6.92 Å². The average molecular weight is 276 g/mol. The Kier molecular flexibility index (Phi) is 4.47. The van der Waals surface area contributed by atoms with Crippen molar-refractivity contribution in [2.24, 2.45) is 0 Å². The van der Waals surface area contributed by atoms with Crippen LogP contribution in [0, 0.1) is 0 Å². The summed E-state index contributed by atoms with van der Waals surface area (Å²) < 4.78 is 5.52. The number of nitrogens with zero attached hydrogens (tertiary/aromatic N) is 4. The van der Waals surface area contributed by atoms with E-state index >= 15 is 0 Å². The molecule has 0 N–H and O–H groups in total. The first-order valence-electron chi connectivity index (χ1n) is 7.74. The Balaban J connectivity index is 1.64. The zero-order valence-electron chi connectivity index (χ0n) is 12.3. The van der Waals surface area contributed by atoms with Crippen molar-refractivity contribution in [3.05, 3.63) is 18.1 Å². The molecule has 0 amide bonds. The van der Waals surface area contributed by atoms with Gasteiger partial charge >= 0.3 is 0 Å². The number of hydrogen-bond donors (Lipinski definition) is 0. The van der Waals surface area contributed by atoms with E-state index in [1.807, 2.05) is 0 Å². The summed E-state index contributed by atoms with van der Waals surface area (Å²) in [6.45, 7) is 8.40. The molecule has 0 aromatic carbocycles. The van der Waals surface area contributed by atoms with Crippen molar-refractivity contribution in [3.8, 4) is 0 Å². The second kappa shape index (κ2) is 6.50. The molecule has 3 rings (SSSR count). The molecule has 0 bridgehead atoms. The van der Waals surface area contributed by atoms with Crippen LogP contribution in [-0.4, -0.2) is 60.3 Å². The van der Waals surface area contributed by atoms with Gasteiger partial charge in [-0.3, -0.25) is 4.90 Å². The standard InChI is InChI=1S/C15H24N4O/c1-2-13-10-15(17-12-16-13)19-6-3-5-18(7-8-19)14-4-9-20-11-14/h10,12,14H,2-9,11H2,1H3. The van der Waals surface area contributed by atoms with E-state index in [1.54, 1.807) is 6.33 Å². The Morgan fingerprint density at radius 3 is 3.00 bits per heavy atom. The van der Waals surface area contributed by atoms with Crippen LogP contribution in [0.5, 0.6) is 0 Å². The number of anilines is 1. The van der Waals surface area contributed by atoms with Gasteiger partial charge in [0.05, 0.1) is 6.61 Å². The molecule has 1 atom stereocenters. The zero-order chi connectivity index (χ0) is 13.8.